The predicted molar refractivity (Wildman–Crippen MR) is 135 cm³/mol. The maximum atomic E-state index is 6.22. The molecule has 0 saturated heterocycles. The number of allylic oxidation sites excluding steroid dienone is 1. The molecule has 1 heterocycles. The molecule has 0 amide bonds. The smallest absolute Gasteiger partial charge is 0.189 e. The molecule has 184 valence electrons. The van der Waals surface area contributed by atoms with Crippen molar-refractivity contribution >= 4 is 5.84 Å². The van der Waals surface area contributed by atoms with Gasteiger partial charge in [-0.1, -0.05) is 19.9 Å². The minimum absolute atomic E-state index is 0.156. The summed E-state index contributed by atoms with van der Waals surface area (Å²) >= 11 is 0. The van der Waals surface area contributed by atoms with Crippen molar-refractivity contribution in [1.82, 2.24) is 9.80 Å². The Hall–Kier alpha value is -2.05. The number of hydrogen-bond acceptors (Lipinski definition) is 6. The number of benzene rings is 1. The van der Waals surface area contributed by atoms with Gasteiger partial charge in [0, 0.05) is 33.4 Å². The third-order valence-electron chi connectivity index (χ3n) is 6.31. The maximum absolute atomic E-state index is 6.22. The number of nitrogens with zero attached hydrogens (tertiary/aromatic N) is 3. The molecule has 6 heteroatoms. The number of aliphatic imine (C=N–C) groups is 1. The number of aryl methyl sites for hydroxylation is 2. The molecule has 1 atom stereocenters. The van der Waals surface area contributed by atoms with Crippen LogP contribution in [0.15, 0.2) is 28.5 Å². The van der Waals surface area contributed by atoms with Gasteiger partial charge in [0.25, 0.3) is 0 Å². The van der Waals surface area contributed by atoms with E-state index in [1.54, 1.807) is 0 Å². The van der Waals surface area contributed by atoms with Crippen LogP contribution >= 0.6 is 0 Å². The first-order chi connectivity index (χ1) is 15.9. The zero-order valence-corrected chi connectivity index (χ0v) is 21.7. The highest BCUT2D eigenvalue weighted by Gasteiger charge is 2.38. The molecule has 6 nitrogen and oxygen atoms in total. The molecule has 2 aliphatic rings. The minimum atomic E-state index is -0.156. The molecule has 1 saturated carbocycles. The summed E-state index contributed by atoms with van der Waals surface area (Å²) in [4.78, 5) is 10.1. The summed E-state index contributed by atoms with van der Waals surface area (Å²) in [5, 5.41) is 0. The lowest BCUT2D eigenvalue weighted by Crippen LogP contribution is -2.50. The van der Waals surface area contributed by atoms with E-state index in [0.717, 1.165) is 60.9 Å². The third kappa shape index (κ3) is 6.10. The van der Waals surface area contributed by atoms with E-state index in [1.165, 1.54) is 24.1 Å². The molecule has 1 aromatic rings. The molecule has 0 aromatic heterocycles. The second kappa shape index (κ2) is 11.9. The summed E-state index contributed by atoms with van der Waals surface area (Å²) in [6, 6.07) is 4.30. The molecule has 1 unspecified atom stereocenters. The Balaban J connectivity index is 2.13. The van der Waals surface area contributed by atoms with Gasteiger partial charge in [0.1, 0.15) is 11.6 Å². The molecule has 3 rings (SSSR count). The van der Waals surface area contributed by atoms with E-state index in [1.807, 2.05) is 14.0 Å². The van der Waals surface area contributed by atoms with E-state index in [2.05, 4.69) is 56.6 Å². The van der Waals surface area contributed by atoms with Gasteiger partial charge in [-0.15, -0.1) is 0 Å². The molecule has 0 N–H and O–H groups in total. The molecule has 0 radical (unpaired) electrons. The normalized spacial score (nSPS) is 18.6. The van der Waals surface area contributed by atoms with Crippen LogP contribution in [0.4, 0.5) is 0 Å². The topological polar surface area (TPSA) is 46.5 Å². The van der Waals surface area contributed by atoms with Crippen molar-refractivity contribution in [2.45, 2.75) is 73.5 Å². The molecular formula is C27H43N3O3. The van der Waals surface area contributed by atoms with Crippen LogP contribution in [0.2, 0.25) is 0 Å². The van der Waals surface area contributed by atoms with E-state index >= 15 is 0 Å². The Morgan fingerprint density at radius 3 is 2.33 bits per heavy atom. The molecule has 1 aliphatic carbocycles. The number of rotatable bonds is 13. The van der Waals surface area contributed by atoms with Crippen LogP contribution in [0, 0.1) is 19.8 Å². The van der Waals surface area contributed by atoms with E-state index in [-0.39, 0.29) is 13.0 Å². The van der Waals surface area contributed by atoms with Crippen LogP contribution in [0.25, 0.3) is 0 Å². The number of methoxy groups -OCH3 is 1. The third-order valence-corrected chi connectivity index (χ3v) is 6.31. The Kier molecular flexibility index (Phi) is 9.21. The van der Waals surface area contributed by atoms with E-state index < -0.39 is 0 Å². The van der Waals surface area contributed by atoms with Crippen LogP contribution in [-0.4, -0.2) is 62.0 Å². The number of ether oxygens (including phenoxy) is 3. The molecule has 33 heavy (non-hydrogen) atoms. The zero-order valence-electron chi connectivity index (χ0n) is 21.7. The second-order valence-corrected chi connectivity index (χ2v) is 9.29. The quantitative estimate of drug-likeness (QED) is 0.290. The Bertz CT molecular complexity index is 854. The van der Waals surface area contributed by atoms with Crippen molar-refractivity contribution in [3.8, 4) is 5.75 Å². The van der Waals surface area contributed by atoms with E-state index in [9.17, 15) is 0 Å². The summed E-state index contributed by atoms with van der Waals surface area (Å²) in [7, 11) is 1.82. The number of hydrogen-bond donors (Lipinski definition) is 0. The van der Waals surface area contributed by atoms with Crippen molar-refractivity contribution in [3.05, 3.63) is 40.2 Å². The SMILES string of the molecule is CCCN(CCC)C1=C(C)N=C(c2c(C)cc(C)cc2OCOCC)N(CC2CC2)C1OC. The second-order valence-electron chi connectivity index (χ2n) is 9.29. The van der Waals surface area contributed by atoms with Gasteiger partial charge in [-0.05, 0) is 76.5 Å². The molecule has 1 aliphatic heterocycles. The molecule has 1 aromatic carbocycles. The molecule has 0 bridgehead atoms. The van der Waals surface area contributed by atoms with Crippen LogP contribution in [0.5, 0.6) is 5.75 Å². The Morgan fingerprint density at radius 1 is 1.06 bits per heavy atom. The van der Waals surface area contributed by atoms with Gasteiger partial charge in [0.15, 0.2) is 13.0 Å². The first kappa shape index (κ1) is 25.6. The lowest BCUT2D eigenvalue weighted by molar-refractivity contribution is 0.00760. The average molecular weight is 458 g/mol. The lowest BCUT2D eigenvalue weighted by Gasteiger charge is -2.43. The van der Waals surface area contributed by atoms with Gasteiger partial charge in [0.2, 0.25) is 0 Å². The van der Waals surface area contributed by atoms with Gasteiger partial charge >= 0.3 is 0 Å². The van der Waals surface area contributed by atoms with Crippen molar-refractivity contribution < 1.29 is 14.2 Å². The molecule has 0 spiro atoms. The largest absolute Gasteiger partial charge is 0.467 e. The highest BCUT2D eigenvalue weighted by Crippen LogP contribution is 2.37. The summed E-state index contributed by atoms with van der Waals surface area (Å²) in [5.41, 5.74) is 5.60. The summed E-state index contributed by atoms with van der Waals surface area (Å²) in [5.74, 6) is 2.47. The highest BCUT2D eigenvalue weighted by atomic mass is 16.7. The van der Waals surface area contributed by atoms with Crippen molar-refractivity contribution in [2.75, 3.05) is 40.1 Å². The van der Waals surface area contributed by atoms with E-state index in [0.29, 0.717) is 12.5 Å². The van der Waals surface area contributed by atoms with Gasteiger partial charge in [-0.3, -0.25) is 0 Å². The summed E-state index contributed by atoms with van der Waals surface area (Å²) in [6.07, 6.45) is 4.58. The van der Waals surface area contributed by atoms with E-state index in [4.69, 9.17) is 19.2 Å². The van der Waals surface area contributed by atoms with Crippen LogP contribution in [-0.2, 0) is 9.47 Å². The van der Waals surface area contributed by atoms with Crippen molar-refractivity contribution in [3.63, 3.8) is 0 Å². The van der Waals surface area contributed by atoms with Crippen LogP contribution in [0.1, 0.15) is 70.1 Å². The van der Waals surface area contributed by atoms with Crippen molar-refractivity contribution in [2.24, 2.45) is 10.9 Å². The first-order valence-corrected chi connectivity index (χ1v) is 12.6. The van der Waals surface area contributed by atoms with Gasteiger partial charge in [0.05, 0.1) is 17.0 Å². The van der Waals surface area contributed by atoms with Crippen molar-refractivity contribution in [1.29, 1.82) is 0 Å². The fraction of sp³-hybridized carbons (Fsp3) is 0.667. The minimum Gasteiger partial charge on any atom is -0.467 e. The Morgan fingerprint density at radius 2 is 1.76 bits per heavy atom. The zero-order chi connectivity index (χ0) is 24.0. The lowest BCUT2D eigenvalue weighted by atomic mass is 10.0. The molecular weight excluding hydrogens is 414 g/mol. The number of amidine groups is 1. The highest BCUT2D eigenvalue weighted by molar-refractivity contribution is 6.04. The Labute approximate surface area is 200 Å². The van der Waals surface area contributed by atoms with Crippen LogP contribution in [0.3, 0.4) is 0 Å². The average Bonchev–Trinajstić information content (AvgIpc) is 3.59. The molecule has 1 fully saturated rings. The van der Waals surface area contributed by atoms with Gasteiger partial charge < -0.3 is 24.0 Å². The van der Waals surface area contributed by atoms with Gasteiger partial charge in [-0.25, -0.2) is 4.99 Å². The predicted octanol–water partition coefficient (Wildman–Crippen LogP) is 5.47. The monoisotopic (exact) mass is 457 g/mol. The fourth-order valence-electron chi connectivity index (χ4n) is 4.71. The summed E-state index contributed by atoms with van der Waals surface area (Å²) < 4.78 is 17.9. The fourth-order valence-corrected chi connectivity index (χ4v) is 4.71. The van der Waals surface area contributed by atoms with Gasteiger partial charge in [-0.2, -0.15) is 0 Å². The standard InChI is InChI=1S/C27H43N3O3/c1-8-13-29(14-9-2)25-21(6)28-26(30(27(25)31-7)17-22-11-12-22)24-20(5)15-19(4)16-23(24)33-18-32-10-3/h15-16,22,27H,8-14,17-18H2,1-7H3. The first-order valence-electron chi connectivity index (χ1n) is 12.6. The maximum Gasteiger partial charge on any atom is 0.189 e. The summed E-state index contributed by atoms with van der Waals surface area (Å²) in [6.45, 7) is 16.6. The van der Waals surface area contributed by atoms with Crippen LogP contribution < -0.4 is 4.74 Å².